The van der Waals surface area contributed by atoms with Gasteiger partial charge in [0.05, 0.1) is 57.7 Å². The average Bonchev–Trinajstić information content (AvgIpc) is 1.52. The topological polar surface area (TPSA) is 177 Å². The van der Waals surface area contributed by atoms with Crippen molar-refractivity contribution in [3.05, 3.63) is 299 Å². The Morgan fingerprint density at radius 2 is 0.551 bits per heavy atom. The monoisotopic (exact) mass is 1540 g/mol. The van der Waals surface area contributed by atoms with Crippen LogP contribution in [0.4, 0.5) is 0 Å². The molecule has 0 unspecified atom stereocenters. The van der Waals surface area contributed by atoms with E-state index in [4.69, 9.17) is 129 Å². The van der Waals surface area contributed by atoms with Crippen molar-refractivity contribution in [2.75, 3.05) is 14.2 Å². The Kier molecular flexibility index (Phi) is 19.7. The Morgan fingerprint density at radius 1 is 0.296 bits per heavy atom. The highest BCUT2D eigenvalue weighted by Crippen LogP contribution is 2.37. The molecule has 0 bridgehead atoms. The predicted molar refractivity (Wildman–Crippen MR) is 396 cm³/mol. The first-order valence-electron chi connectivity index (χ1n) is 29.1. The summed E-state index contributed by atoms with van der Waals surface area (Å²) in [4.78, 5) is 69.2. The van der Waals surface area contributed by atoms with Crippen molar-refractivity contribution in [2.24, 2.45) is 0 Å². The number of para-hydroxylation sites is 3. The third kappa shape index (κ3) is 13.2. The van der Waals surface area contributed by atoms with Gasteiger partial charge in [-0.05, 0) is 180 Å². The van der Waals surface area contributed by atoms with Gasteiger partial charge in [-0.15, -0.1) is 0 Å². The molecule has 15 rings (SSSR count). The highest BCUT2D eigenvalue weighted by atomic mass is 79.9. The lowest BCUT2D eigenvalue weighted by Crippen LogP contribution is -2.22. The second-order valence-corrected chi connectivity index (χ2v) is 25.7. The minimum Gasteiger partial charge on any atom is -0.468 e. The fourth-order valence-corrected chi connectivity index (χ4v) is 13.1. The van der Waals surface area contributed by atoms with Crippen molar-refractivity contribution in [2.45, 2.75) is 0 Å². The Bertz CT molecular complexity index is 5510. The largest absolute Gasteiger partial charge is 0.468 e. The summed E-state index contributed by atoms with van der Waals surface area (Å²) in [6, 6.07) is 64.6. The minimum absolute atomic E-state index is 0.152. The Hall–Kier alpha value is -9.28. The van der Waals surface area contributed by atoms with Crippen LogP contribution in [-0.4, -0.2) is 71.5 Å². The molecule has 0 aliphatic rings. The molecular weight excluding hydrogens is 1500 g/mol. The van der Waals surface area contributed by atoms with E-state index in [0.29, 0.717) is 118 Å². The van der Waals surface area contributed by atoms with E-state index in [9.17, 15) is 14.4 Å². The van der Waals surface area contributed by atoms with Gasteiger partial charge in [0.2, 0.25) is 0 Å². The van der Waals surface area contributed by atoms with Crippen LogP contribution in [0.3, 0.4) is 0 Å². The van der Waals surface area contributed by atoms with Gasteiger partial charge in [0.15, 0.2) is 55.7 Å². The summed E-state index contributed by atoms with van der Waals surface area (Å²) < 4.78 is 21.0. The van der Waals surface area contributed by atoms with E-state index in [0.717, 1.165) is 17.1 Å². The van der Waals surface area contributed by atoms with Crippen LogP contribution in [0, 0.1) is 0 Å². The second-order valence-electron chi connectivity index (χ2n) is 21.1. The van der Waals surface area contributed by atoms with E-state index < -0.39 is 0 Å². The summed E-state index contributed by atoms with van der Waals surface area (Å²) in [7, 11) is 2.99. The van der Waals surface area contributed by atoms with Gasteiger partial charge in [-0.25, -0.2) is 29.1 Å². The molecule has 0 N–H and O–H groups in total. The summed E-state index contributed by atoms with van der Waals surface area (Å²) >= 11 is 59.6. The Morgan fingerprint density at radius 3 is 0.837 bits per heavy atom. The molecule has 0 saturated carbocycles. The van der Waals surface area contributed by atoms with E-state index in [1.807, 2.05) is 91.0 Å². The van der Waals surface area contributed by atoms with Crippen LogP contribution in [0.25, 0.3) is 102 Å². The van der Waals surface area contributed by atoms with E-state index >= 15 is 0 Å². The molecular formula is C71H42BrCl9N12O5. The van der Waals surface area contributed by atoms with Gasteiger partial charge in [-0.1, -0.05) is 159 Å². The number of methoxy groups -OCH3 is 2. The van der Waals surface area contributed by atoms with Crippen molar-refractivity contribution in [3.63, 3.8) is 0 Å². The van der Waals surface area contributed by atoms with Gasteiger partial charge in [-0.2, -0.15) is 9.97 Å². The zero-order valence-corrected chi connectivity index (χ0v) is 58.9. The van der Waals surface area contributed by atoms with Crippen LogP contribution in [0.2, 0.25) is 45.2 Å². The highest BCUT2D eigenvalue weighted by molar-refractivity contribution is 9.10. The number of hydrogen-bond acceptors (Lipinski definition) is 11. The van der Waals surface area contributed by atoms with Crippen molar-refractivity contribution in [3.8, 4) is 80.3 Å². The lowest BCUT2D eigenvalue weighted by molar-refractivity contribution is 0.375. The van der Waals surface area contributed by atoms with Crippen LogP contribution in [0.15, 0.2) is 238 Å². The van der Waals surface area contributed by atoms with Crippen LogP contribution in [0.1, 0.15) is 0 Å². The number of hydrogen-bond donors (Lipinski definition) is 0. The maximum Gasteiger partial charge on any atom is 0.303 e. The number of ether oxygens (including phenoxy) is 2. The lowest BCUT2D eigenvalue weighted by atomic mass is 10.2. The molecule has 6 aromatic heterocycles. The number of nitrogens with zero attached hydrogens (tertiary/aromatic N) is 12. The minimum atomic E-state index is -0.378. The molecule has 0 fully saturated rings. The molecule has 98 heavy (non-hydrogen) atoms. The zero-order valence-electron chi connectivity index (χ0n) is 50.5. The lowest BCUT2D eigenvalue weighted by Gasteiger charge is -2.14. The third-order valence-electron chi connectivity index (χ3n) is 15.1. The maximum absolute atomic E-state index is 13.8. The molecule has 0 radical (unpaired) electrons. The quantitative estimate of drug-likeness (QED) is 0.113. The molecule has 0 amide bonds. The highest BCUT2D eigenvalue weighted by Gasteiger charge is 2.27. The summed E-state index contributed by atoms with van der Waals surface area (Å²) in [6.45, 7) is 0. The van der Waals surface area contributed by atoms with E-state index in [-0.39, 0.29) is 45.2 Å². The molecule has 0 spiro atoms. The molecule has 17 nitrogen and oxygen atoms in total. The summed E-state index contributed by atoms with van der Waals surface area (Å²) in [5.41, 5.74) is 6.16. The van der Waals surface area contributed by atoms with Gasteiger partial charge in [0.1, 0.15) is 0 Å². The number of imidazole rings is 3. The van der Waals surface area contributed by atoms with Crippen LogP contribution < -0.4 is 26.2 Å². The molecule has 15 aromatic rings. The van der Waals surface area contributed by atoms with Gasteiger partial charge in [0.25, 0.3) is 16.7 Å². The molecule has 486 valence electrons. The first kappa shape index (κ1) is 67.3. The number of rotatable bonds is 11. The number of halogens is 10. The maximum atomic E-state index is 13.8. The SMILES string of the molecule is COc1nc2c(=O)n(-c3ccc(Cl)cc3)c(-c3ccc(Cl)cc3Cl)nc2n1-c1ccccc1.COc1nc2c(=O)n(-c3ccc(Cl)cc3)c(-c3ccc(Cl)cc3Cl)nc2n1-c1ccccc1.O=c1c2nc(Br)n(-c3ccccc3)c2nc(-c2ccc(Cl)cc2Cl)n1-c1ccc(Cl)cc1. The molecule has 0 saturated heterocycles. The average molecular weight is 1540 g/mol. The summed E-state index contributed by atoms with van der Waals surface area (Å²) in [6.07, 6.45) is 0. The smallest absolute Gasteiger partial charge is 0.303 e. The summed E-state index contributed by atoms with van der Waals surface area (Å²) in [5.74, 6) is 1.02. The van der Waals surface area contributed by atoms with E-state index in [2.05, 4.69) is 30.9 Å². The third-order valence-corrected chi connectivity index (χ3v) is 18.1. The normalized spacial score (nSPS) is 11.2. The Labute approximate surface area is 609 Å². The molecule has 27 heteroatoms. The van der Waals surface area contributed by atoms with Gasteiger partial charge < -0.3 is 9.47 Å². The Balaban J connectivity index is 0.000000132. The van der Waals surface area contributed by atoms with Crippen LogP contribution in [0.5, 0.6) is 12.0 Å². The first-order valence-corrected chi connectivity index (χ1v) is 33.3. The van der Waals surface area contributed by atoms with Gasteiger partial charge >= 0.3 is 12.0 Å². The summed E-state index contributed by atoms with van der Waals surface area (Å²) in [5, 5.41) is 4.15. The molecule has 0 aliphatic carbocycles. The van der Waals surface area contributed by atoms with Crippen molar-refractivity contribution in [1.29, 1.82) is 0 Å². The molecule has 9 aromatic carbocycles. The van der Waals surface area contributed by atoms with Crippen molar-refractivity contribution < 1.29 is 9.47 Å². The fourth-order valence-electron chi connectivity index (χ4n) is 10.7. The van der Waals surface area contributed by atoms with Crippen molar-refractivity contribution >= 4 is 154 Å². The van der Waals surface area contributed by atoms with Crippen molar-refractivity contribution in [1.82, 2.24) is 57.3 Å². The molecule has 0 aliphatic heterocycles. The number of aromatic nitrogens is 12. The van der Waals surface area contributed by atoms with E-state index in [1.165, 1.54) is 27.9 Å². The molecule has 0 atom stereocenters. The second kappa shape index (κ2) is 28.7. The predicted octanol–water partition coefficient (Wildman–Crippen LogP) is 19.4. The fraction of sp³-hybridized carbons (Fsp3) is 0.0282. The van der Waals surface area contributed by atoms with Gasteiger partial charge in [0, 0.05) is 52.5 Å². The number of fused-ring (bicyclic) bond motifs is 3. The zero-order chi connectivity index (χ0) is 68.6. The van der Waals surface area contributed by atoms with Gasteiger partial charge in [-0.3, -0.25) is 32.7 Å². The standard InChI is InChI=1S/2C24H15Cl3N4O2.C23H12BrCl3N4O/c2*1-33-24-28-20-22(31(24)16-5-3-2-4-6-16)29-21(18-12-9-15(26)13-19(18)27)30(23(20)32)17-10-7-14(25)8-11-17;24-23-28-19-21(31(23)15-4-2-1-3-5-15)29-20(17-11-8-14(26)12-18(17)27)30(22(19)32)16-9-6-13(25)7-10-16/h2*2-13H,1H3;1-12H. The van der Waals surface area contributed by atoms with Crippen LogP contribution in [-0.2, 0) is 0 Å². The first-order chi connectivity index (χ1) is 47.4. The van der Waals surface area contributed by atoms with Crippen LogP contribution >= 0.6 is 120 Å². The van der Waals surface area contributed by atoms with E-state index in [1.54, 1.807) is 141 Å². The molecule has 6 heterocycles. The number of benzene rings is 9.